The molecular weight excluding hydrogens is 168 g/mol. The quantitative estimate of drug-likeness (QED) is 0.601. The van der Waals surface area contributed by atoms with Gasteiger partial charge in [0.05, 0.1) is 0 Å². The lowest BCUT2D eigenvalue weighted by molar-refractivity contribution is 0.833. The standard InChI is InChI=1S/C7H4N6/c8-3-6-10-2-1-7(12-6)13-5-9-4-11-13/h1-2,4-5H. The molecule has 6 nitrogen and oxygen atoms in total. The van der Waals surface area contributed by atoms with Crippen molar-refractivity contribution in [1.29, 1.82) is 5.26 Å². The minimum absolute atomic E-state index is 0.119. The highest BCUT2D eigenvalue weighted by atomic mass is 15.3. The zero-order valence-corrected chi connectivity index (χ0v) is 6.49. The van der Waals surface area contributed by atoms with E-state index in [2.05, 4.69) is 20.1 Å². The van der Waals surface area contributed by atoms with Gasteiger partial charge in [-0.2, -0.15) is 15.3 Å². The highest BCUT2D eigenvalue weighted by Crippen LogP contribution is 1.99. The van der Waals surface area contributed by atoms with E-state index in [-0.39, 0.29) is 5.82 Å². The summed E-state index contributed by atoms with van der Waals surface area (Å²) in [6.45, 7) is 0. The monoisotopic (exact) mass is 172 g/mol. The maximum atomic E-state index is 8.54. The van der Waals surface area contributed by atoms with Crippen molar-refractivity contribution in [3.63, 3.8) is 0 Å². The second kappa shape index (κ2) is 2.98. The van der Waals surface area contributed by atoms with Crippen LogP contribution in [0.25, 0.3) is 5.82 Å². The van der Waals surface area contributed by atoms with Crippen LogP contribution in [-0.2, 0) is 0 Å². The minimum Gasteiger partial charge on any atom is -0.227 e. The van der Waals surface area contributed by atoms with Crippen LogP contribution >= 0.6 is 0 Å². The summed E-state index contributed by atoms with van der Waals surface area (Å²) in [5.74, 6) is 0.650. The van der Waals surface area contributed by atoms with Gasteiger partial charge in [-0.3, -0.25) is 0 Å². The van der Waals surface area contributed by atoms with Crippen molar-refractivity contribution in [1.82, 2.24) is 24.7 Å². The van der Waals surface area contributed by atoms with Gasteiger partial charge in [-0.1, -0.05) is 0 Å². The van der Waals surface area contributed by atoms with E-state index in [1.54, 1.807) is 6.07 Å². The van der Waals surface area contributed by atoms with E-state index in [9.17, 15) is 0 Å². The van der Waals surface area contributed by atoms with Gasteiger partial charge in [0.1, 0.15) is 18.7 Å². The molecule has 0 atom stereocenters. The summed E-state index contributed by atoms with van der Waals surface area (Å²) < 4.78 is 1.46. The van der Waals surface area contributed by atoms with Crippen LogP contribution in [-0.4, -0.2) is 24.7 Å². The average molecular weight is 172 g/mol. The van der Waals surface area contributed by atoms with Crippen LogP contribution in [0, 0.1) is 11.3 Å². The van der Waals surface area contributed by atoms with Crippen LogP contribution in [0.5, 0.6) is 0 Å². The molecule has 0 unspecified atom stereocenters. The lowest BCUT2D eigenvalue weighted by Crippen LogP contribution is -2.00. The smallest absolute Gasteiger partial charge is 0.227 e. The Labute approximate surface area is 73.5 Å². The van der Waals surface area contributed by atoms with E-state index in [0.717, 1.165) is 0 Å². The molecule has 0 N–H and O–H groups in total. The van der Waals surface area contributed by atoms with Gasteiger partial charge in [0.2, 0.25) is 5.82 Å². The molecule has 0 saturated carbocycles. The van der Waals surface area contributed by atoms with Gasteiger partial charge in [0.25, 0.3) is 0 Å². The zero-order chi connectivity index (χ0) is 9.10. The maximum absolute atomic E-state index is 8.54. The van der Waals surface area contributed by atoms with E-state index < -0.39 is 0 Å². The average Bonchev–Trinajstić information content (AvgIpc) is 2.71. The van der Waals surface area contributed by atoms with Crippen molar-refractivity contribution in [2.24, 2.45) is 0 Å². The Kier molecular flexibility index (Phi) is 1.69. The number of nitriles is 1. The molecule has 0 spiro atoms. The topological polar surface area (TPSA) is 80.3 Å². The summed E-state index contributed by atoms with van der Waals surface area (Å²) in [5, 5.41) is 12.4. The molecule has 2 aromatic rings. The van der Waals surface area contributed by atoms with Crippen LogP contribution in [0.1, 0.15) is 5.82 Å². The van der Waals surface area contributed by atoms with E-state index >= 15 is 0 Å². The molecule has 6 heteroatoms. The van der Waals surface area contributed by atoms with Gasteiger partial charge < -0.3 is 0 Å². The Hall–Kier alpha value is -2.29. The first-order chi connectivity index (χ1) is 6.40. The lowest BCUT2D eigenvalue weighted by atomic mass is 10.5. The van der Waals surface area contributed by atoms with Crippen LogP contribution in [0.3, 0.4) is 0 Å². The largest absolute Gasteiger partial charge is 0.234 e. The molecule has 0 radical (unpaired) electrons. The summed E-state index contributed by atoms with van der Waals surface area (Å²) in [7, 11) is 0. The van der Waals surface area contributed by atoms with Crippen LogP contribution in [0.2, 0.25) is 0 Å². The van der Waals surface area contributed by atoms with E-state index in [1.807, 2.05) is 6.07 Å². The van der Waals surface area contributed by atoms with Crippen molar-refractivity contribution >= 4 is 0 Å². The summed E-state index contributed by atoms with van der Waals surface area (Å²) in [4.78, 5) is 11.4. The molecule has 0 aliphatic carbocycles. The Morgan fingerprint density at radius 1 is 1.46 bits per heavy atom. The predicted molar refractivity (Wildman–Crippen MR) is 41.7 cm³/mol. The third-order valence-electron chi connectivity index (χ3n) is 1.39. The van der Waals surface area contributed by atoms with E-state index in [0.29, 0.717) is 5.82 Å². The highest BCUT2D eigenvalue weighted by Gasteiger charge is 1.99. The molecule has 2 aromatic heterocycles. The Balaban J connectivity index is 2.49. The SMILES string of the molecule is N#Cc1nccc(-n2cncn2)n1. The van der Waals surface area contributed by atoms with Crippen molar-refractivity contribution in [3.05, 3.63) is 30.7 Å². The second-order valence-corrected chi connectivity index (χ2v) is 2.19. The molecule has 2 heterocycles. The normalized spacial score (nSPS) is 9.46. The molecule has 0 fully saturated rings. The zero-order valence-electron chi connectivity index (χ0n) is 6.49. The van der Waals surface area contributed by atoms with Crippen molar-refractivity contribution in [2.45, 2.75) is 0 Å². The summed E-state index contributed by atoms with van der Waals surface area (Å²) in [5.41, 5.74) is 0. The predicted octanol–water partition coefficient (Wildman–Crippen LogP) is -0.0710. The number of hydrogen-bond donors (Lipinski definition) is 0. The molecule has 0 aliphatic rings. The van der Waals surface area contributed by atoms with Gasteiger partial charge >= 0.3 is 0 Å². The van der Waals surface area contributed by atoms with Gasteiger partial charge in [-0.05, 0) is 0 Å². The van der Waals surface area contributed by atoms with Crippen LogP contribution in [0.15, 0.2) is 24.9 Å². The van der Waals surface area contributed by atoms with Crippen molar-refractivity contribution < 1.29 is 0 Å². The summed E-state index contributed by atoms with van der Waals surface area (Å²) >= 11 is 0. The number of nitrogens with zero attached hydrogens (tertiary/aromatic N) is 6. The fraction of sp³-hybridized carbons (Fsp3) is 0. The number of hydrogen-bond acceptors (Lipinski definition) is 5. The first-order valence-electron chi connectivity index (χ1n) is 3.48. The minimum atomic E-state index is 0.119. The second-order valence-electron chi connectivity index (χ2n) is 2.19. The first kappa shape index (κ1) is 7.36. The molecule has 0 aliphatic heterocycles. The first-order valence-corrected chi connectivity index (χ1v) is 3.48. The van der Waals surface area contributed by atoms with Crippen LogP contribution < -0.4 is 0 Å². The third kappa shape index (κ3) is 1.35. The van der Waals surface area contributed by atoms with Crippen molar-refractivity contribution in [2.75, 3.05) is 0 Å². The van der Waals surface area contributed by atoms with E-state index in [4.69, 9.17) is 5.26 Å². The van der Waals surface area contributed by atoms with Gasteiger partial charge in [-0.25, -0.2) is 14.6 Å². The maximum Gasteiger partial charge on any atom is 0.234 e. The molecule has 0 bridgehead atoms. The highest BCUT2D eigenvalue weighted by molar-refractivity contribution is 5.22. The van der Waals surface area contributed by atoms with Crippen molar-refractivity contribution in [3.8, 4) is 11.9 Å². The Morgan fingerprint density at radius 2 is 2.38 bits per heavy atom. The number of rotatable bonds is 1. The third-order valence-corrected chi connectivity index (χ3v) is 1.39. The summed E-state index contributed by atoms with van der Waals surface area (Å²) in [6.07, 6.45) is 4.40. The molecule has 0 saturated heterocycles. The molecule has 62 valence electrons. The number of aromatic nitrogens is 5. The molecule has 0 amide bonds. The molecule has 13 heavy (non-hydrogen) atoms. The molecule has 2 rings (SSSR count). The van der Waals surface area contributed by atoms with Gasteiger partial charge in [-0.15, -0.1) is 0 Å². The van der Waals surface area contributed by atoms with Gasteiger partial charge in [0.15, 0.2) is 5.82 Å². The molecular formula is C7H4N6. The van der Waals surface area contributed by atoms with Crippen LogP contribution in [0.4, 0.5) is 0 Å². The Bertz CT molecular complexity index is 440. The lowest BCUT2D eigenvalue weighted by Gasteiger charge is -1.96. The molecule has 0 aromatic carbocycles. The van der Waals surface area contributed by atoms with Gasteiger partial charge in [0, 0.05) is 12.3 Å². The Morgan fingerprint density at radius 3 is 3.08 bits per heavy atom. The fourth-order valence-corrected chi connectivity index (χ4v) is 0.857. The fourth-order valence-electron chi connectivity index (χ4n) is 0.857. The van der Waals surface area contributed by atoms with E-state index in [1.165, 1.54) is 23.5 Å². The summed E-state index contributed by atoms with van der Waals surface area (Å²) in [6, 6.07) is 3.49.